The molecule has 0 aliphatic heterocycles. The van der Waals surface area contributed by atoms with E-state index in [0.717, 1.165) is 11.3 Å². The summed E-state index contributed by atoms with van der Waals surface area (Å²) in [7, 11) is 0. The molecule has 2 aromatic rings. The van der Waals surface area contributed by atoms with Crippen LogP contribution in [0.4, 0.5) is 5.69 Å². The number of nitrogens with one attached hydrogen (secondary N) is 1. The summed E-state index contributed by atoms with van der Waals surface area (Å²) < 4.78 is 1.71. The molecule has 0 aliphatic carbocycles. The third kappa shape index (κ3) is 5.16. The Morgan fingerprint density at radius 1 is 1.45 bits per heavy atom. The lowest BCUT2D eigenvalue weighted by molar-refractivity contribution is -0.117. The van der Waals surface area contributed by atoms with Crippen LogP contribution in [0.3, 0.4) is 0 Å². The molecule has 20 heavy (non-hydrogen) atoms. The molecule has 8 heteroatoms. The highest BCUT2D eigenvalue weighted by molar-refractivity contribution is 5.94. The molecule has 1 aromatic carbocycles. The number of hydrogen-bond donors (Lipinski definition) is 2. The Morgan fingerprint density at radius 3 is 2.80 bits per heavy atom. The van der Waals surface area contributed by atoms with E-state index in [1.54, 1.807) is 17.9 Å². The van der Waals surface area contributed by atoms with Gasteiger partial charge in [-0.1, -0.05) is 12.1 Å². The average Bonchev–Trinajstić information content (AvgIpc) is 2.82. The Kier molecular flexibility index (Phi) is 7.83. The first-order chi connectivity index (χ1) is 8.65. The molecule has 0 fully saturated rings. The van der Waals surface area contributed by atoms with Crippen molar-refractivity contribution in [1.82, 2.24) is 14.8 Å². The first kappa shape index (κ1) is 18.4. The molecule has 3 N–H and O–H groups in total. The summed E-state index contributed by atoms with van der Waals surface area (Å²) in [5, 5.41) is 6.78. The normalized spacial score (nSPS) is 10.9. The summed E-state index contributed by atoms with van der Waals surface area (Å²) in [6.07, 6.45) is 3.13. The van der Waals surface area contributed by atoms with Crippen molar-refractivity contribution < 1.29 is 4.79 Å². The molecule has 0 saturated heterocycles. The smallest absolute Gasteiger partial charge is 0.240 e. The number of hydrogen-bond acceptors (Lipinski definition) is 4. The van der Waals surface area contributed by atoms with Crippen LogP contribution in [-0.2, 0) is 11.3 Å². The summed E-state index contributed by atoms with van der Waals surface area (Å²) in [6.45, 7) is 2.26. The lowest BCUT2D eigenvalue weighted by atomic mass is 10.2. The molecular formula is C12H17Cl2N5O. The molecule has 0 bridgehead atoms. The van der Waals surface area contributed by atoms with E-state index in [0.29, 0.717) is 6.54 Å². The third-order valence-electron chi connectivity index (χ3n) is 2.42. The van der Waals surface area contributed by atoms with Gasteiger partial charge in [0.2, 0.25) is 5.91 Å². The van der Waals surface area contributed by atoms with Gasteiger partial charge in [-0.3, -0.25) is 4.79 Å². The van der Waals surface area contributed by atoms with Gasteiger partial charge in [-0.15, -0.1) is 24.8 Å². The van der Waals surface area contributed by atoms with E-state index in [2.05, 4.69) is 15.4 Å². The lowest BCUT2D eigenvalue weighted by Gasteiger charge is -2.09. The molecule has 2 rings (SSSR count). The Bertz CT molecular complexity index is 530. The number of anilines is 1. The molecule has 0 spiro atoms. The molecule has 0 aliphatic rings. The van der Waals surface area contributed by atoms with Gasteiger partial charge in [0, 0.05) is 5.69 Å². The fourth-order valence-corrected chi connectivity index (χ4v) is 1.50. The van der Waals surface area contributed by atoms with Crippen molar-refractivity contribution in [1.29, 1.82) is 0 Å². The summed E-state index contributed by atoms with van der Waals surface area (Å²) >= 11 is 0. The molecule has 1 amide bonds. The Morgan fingerprint density at radius 2 is 2.20 bits per heavy atom. The molecular weight excluding hydrogens is 301 g/mol. The second-order valence-corrected chi connectivity index (χ2v) is 4.07. The lowest BCUT2D eigenvalue weighted by Crippen LogP contribution is -2.32. The summed E-state index contributed by atoms with van der Waals surface area (Å²) in [5.41, 5.74) is 7.26. The van der Waals surface area contributed by atoms with E-state index in [9.17, 15) is 4.79 Å². The molecule has 0 unspecified atom stereocenters. The van der Waals surface area contributed by atoms with Crippen LogP contribution in [0.2, 0.25) is 0 Å². The molecule has 0 radical (unpaired) electrons. The number of aromatic nitrogens is 3. The van der Waals surface area contributed by atoms with Crippen molar-refractivity contribution in [3.05, 3.63) is 42.5 Å². The predicted octanol–water partition coefficient (Wildman–Crippen LogP) is 1.46. The standard InChI is InChI=1S/C12H15N5O.2ClH/c1-9(13)12(18)16-11-4-2-3-10(5-11)6-17-8-14-7-15-17;;/h2-5,7-9H,6,13H2,1H3,(H,16,18);2*1H/t9-;;/m0../s1. The highest BCUT2D eigenvalue weighted by Gasteiger charge is 2.07. The first-order valence-corrected chi connectivity index (χ1v) is 5.63. The zero-order valence-electron chi connectivity index (χ0n) is 10.9. The van der Waals surface area contributed by atoms with Gasteiger partial charge in [0.05, 0.1) is 12.6 Å². The molecule has 1 heterocycles. The second-order valence-electron chi connectivity index (χ2n) is 4.07. The van der Waals surface area contributed by atoms with Gasteiger partial charge in [-0.25, -0.2) is 9.67 Å². The summed E-state index contributed by atoms with van der Waals surface area (Å²) in [5.74, 6) is -0.201. The van der Waals surface area contributed by atoms with Crippen molar-refractivity contribution in [2.24, 2.45) is 5.73 Å². The number of amides is 1. The van der Waals surface area contributed by atoms with Crippen molar-refractivity contribution in [2.45, 2.75) is 19.5 Å². The van der Waals surface area contributed by atoms with Crippen LogP contribution in [0, 0.1) is 0 Å². The van der Waals surface area contributed by atoms with Gasteiger partial charge in [-0.2, -0.15) is 5.10 Å². The van der Waals surface area contributed by atoms with E-state index in [-0.39, 0.29) is 30.7 Å². The minimum atomic E-state index is -0.524. The van der Waals surface area contributed by atoms with Crippen LogP contribution >= 0.6 is 24.8 Å². The van der Waals surface area contributed by atoms with E-state index >= 15 is 0 Å². The van der Waals surface area contributed by atoms with Crippen molar-refractivity contribution >= 4 is 36.4 Å². The number of carbonyl (C=O) groups excluding carboxylic acids is 1. The molecule has 1 atom stereocenters. The maximum absolute atomic E-state index is 11.5. The van der Waals surface area contributed by atoms with E-state index in [1.807, 2.05) is 24.3 Å². The van der Waals surface area contributed by atoms with Gasteiger partial charge in [0.15, 0.2) is 0 Å². The Balaban J connectivity index is 0.00000180. The van der Waals surface area contributed by atoms with Crippen LogP contribution in [0.1, 0.15) is 12.5 Å². The van der Waals surface area contributed by atoms with Gasteiger partial charge in [0.25, 0.3) is 0 Å². The van der Waals surface area contributed by atoms with Crippen molar-refractivity contribution in [2.75, 3.05) is 5.32 Å². The number of rotatable bonds is 4. The topological polar surface area (TPSA) is 85.8 Å². The maximum Gasteiger partial charge on any atom is 0.240 e. The van der Waals surface area contributed by atoms with Crippen LogP contribution in [0.5, 0.6) is 0 Å². The molecule has 110 valence electrons. The van der Waals surface area contributed by atoms with E-state index in [1.165, 1.54) is 6.33 Å². The van der Waals surface area contributed by atoms with E-state index in [4.69, 9.17) is 5.73 Å². The number of halogens is 2. The van der Waals surface area contributed by atoms with Crippen molar-refractivity contribution in [3.8, 4) is 0 Å². The zero-order valence-corrected chi connectivity index (χ0v) is 12.5. The highest BCUT2D eigenvalue weighted by Crippen LogP contribution is 2.11. The minimum Gasteiger partial charge on any atom is -0.325 e. The fraction of sp³-hybridized carbons (Fsp3) is 0.250. The quantitative estimate of drug-likeness (QED) is 0.893. The molecule has 1 aromatic heterocycles. The van der Waals surface area contributed by atoms with Crippen molar-refractivity contribution in [3.63, 3.8) is 0 Å². The third-order valence-corrected chi connectivity index (χ3v) is 2.42. The molecule has 0 saturated carbocycles. The SMILES string of the molecule is C[C@H](N)C(=O)Nc1cccc(Cn2cncn2)c1.Cl.Cl. The average molecular weight is 318 g/mol. The van der Waals surface area contributed by atoms with Gasteiger partial charge in [-0.05, 0) is 24.6 Å². The van der Waals surface area contributed by atoms with Crippen LogP contribution < -0.4 is 11.1 Å². The minimum absolute atomic E-state index is 0. The van der Waals surface area contributed by atoms with Crippen LogP contribution in [0.15, 0.2) is 36.9 Å². The van der Waals surface area contributed by atoms with Crippen LogP contribution in [0.25, 0.3) is 0 Å². The van der Waals surface area contributed by atoms with Gasteiger partial charge in [0.1, 0.15) is 12.7 Å². The summed E-state index contributed by atoms with van der Waals surface area (Å²) in [6, 6.07) is 7.03. The number of nitrogens with two attached hydrogens (primary N) is 1. The van der Waals surface area contributed by atoms with Gasteiger partial charge < -0.3 is 11.1 Å². The first-order valence-electron chi connectivity index (χ1n) is 5.63. The largest absolute Gasteiger partial charge is 0.325 e. The Hall–Kier alpha value is -1.63. The number of benzene rings is 1. The monoisotopic (exact) mass is 317 g/mol. The fourth-order valence-electron chi connectivity index (χ4n) is 1.50. The number of carbonyl (C=O) groups is 1. The highest BCUT2D eigenvalue weighted by atomic mass is 35.5. The predicted molar refractivity (Wildman–Crippen MR) is 82.3 cm³/mol. The molecule has 6 nitrogen and oxygen atoms in total. The maximum atomic E-state index is 11.5. The second kappa shape index (κ2) is 8.52. The summed E-state index contributed by atoms with van der Waals surface area (Å²) in [4.78, 5) is 15.4. The van der Waals surface area contributed by atoms with E-state index < -0.39 is 6.04 Å². The number of nitrogens with zero attached hydrogens (tertiary/aromatic N) is 3. The Labute approximate surface area is 129 Å². The van der Waals surface area contributed by atoms with Gasteiger partial charge >= 0.3 is 0 Å². The zero-order chi connectivity index (χ0) is 13.0. The van der Waals surface area contributed by atoms with Crippen LogP contribution in [-0.4, -0.2) is 26.7 Å².